The molecule has 14 heavy (non-hydrogen) atoms. The van der Waals surface area contributed by atoms with Crippen LogP contribution in [0.4, 0.5) is 0 Å². The molecule has 0 aliphatic carbocycles. The Labute approximate surface area is 89.5 Å². The van der Waals surface area contributed by atoms with Crippen LogP contribution in [0.3, 0.4) is 0 Å². The molecule has 0 saturated carbocycles. The standard InChI is InChI=1S/C13H26N/c1-6-8-10-14(7-2)11-9-13(5)12(3)4/h7,9,11-13H,6,8,10H2,1-5H3/q+1/b11-9-,14-7-. The summed E-state index contributed by atoms with van der Waals surface area (Å²) in [4.78, 5) is 0. The van der Waals surface area contributed by atoms with Gasteiger partial charge in [-0.25, -0.2) is 4.58 Å². The Hall–Kier alpha value is -0.590. The van der Waals surface area contributed by atoms with E-state index in [9.17, 15) is 0 Å². The van der Waals surface area contributed by atoms with E-state index in [1.54, 1.807) is 0 Å². The Bertz CT molecular complexity index is 189. The first kappa shape index (κ1) is 13.4. The first-order valence-corrected chi connectivity index (χ1v) is 5.85. The van der Waals surface area contributed by atoms with Crippen molar-refractivity contribution in [1.82, 2.24) is 0 Å². The SMILES string of the molecule is C/C=[N+](\C=C/C(C)C(C)C)CCCC. The lowest BCUT2D eigenvalue weighted by Crippen LogP contribution is -2.08. The molecule has 0 amide bonds. The monoisotopic (exact) mass is 196 g/mol. The van der Waals surface area contributed by atoms with Gasteiger partial charge < -0.3 is 0 Å². The number of hydrogen-bond acceptors (Lipinski definition) is 0. The van der Waals surface area contributed by atoms with Gasteiger partial charge in [0, 0.05) is 13.3 Å². The Morgan fingerprint density at radius 1 is 1.21 bits per heavy atom. The molecule has 0 bridgehead atoms. The fourth-order valence-electron chi connectivity index (χ4n) is 1.10. The minimum atomic E-state index is 0.666. The zero-order valence-corrected chi connectivity index (χ0v) is 10.5. The lowest BCUT2D eigenvalue weighted by Gasteiger charge is -2.08. The van der Waals surface area contributed by atoms with E-state index in [4.69, 9.17) is 0 Å². The van der Waals surface area contributed by atoms with Crippen molar-refractivity contribution >= 4 is 6.21 Å². The Morgan fingerprint density at radius 3 is 2.29 bits per heavy atom. The molecule has 0 rings (SSSR count). The maximum atomic E-state index is 2.31. The van der Waals surface area contributed by atoms with Gasteiger partial charge in [0.1, 0.15) is 12.8 Å². The fourth-order valence-corrected chi connectivity index (χ4v) is 1.10. The summed E-state index contributed by atoms with van der Waals surface area (Å²) >= 11 is 0. The highest BCUT2D eigenvalue weighted by Crippen LogP contribution is 2.10. The van der Waals surface area contributed by atoms with E-state index in [2.05, 4.69) is 57.7 Å². The highest BCUT2D eigenvalue weighted by Gasteiger charge is 2.04. The van der Waals surface area contributed by atoms with Crippen LogP contribution in [0.2, 0.25) is 0 Å². The summed E-state index contributed by atoms with van der Waals surface area (Å²) < 4.78 is 2.28. The Morgan fingerprint density at radius 2 is 1.86 bits per heavy atom. The van der Waals surface area contributed by atoms with Crippen molar-refractivity contribution in [3.63, 3.8) is 0 Å². The first-order valence-electron chi connectivity index (χ1n) is 5.85. The van der Waals surface area contributed by atoms with Crippen molar-refractivity contribution in [2.24, 2.45) is 11.8 Å². The molecule has 0 aromatic carbocycles. The van der Waals surface area contributed by atoms with Crippen LogP contribution in [0.5, 0.6) is 0 Å². The lowest BCUT2D eigenvalue weighted by atomic mass is 9.98. The Balaban J connectivity index is 4.05. The molecule has 0 saturated heterocycles. The summed E-state index contributed by atoms with van der Waals surface area (Å²) in [5.41, 5.74) is 0. The second-order valence-corrected chi connectivity index (χ2v) is 4.29. The van der Waals surface area contributed by atoms with E-state index in [-0.39, 0.29) is 0 Å². The molecule has 1 nitrogen and oxygen atoms in total. The van der Waals surface area contributed by atoms with Crippen LogP contribution in [0, 0.1) is 11.8 Å². The topological polar surface area (TPSA) is 3.01 Å². The summed E-state index contributed by atoms with van der Waals surface area (Å²) in [7, 11) is 0. The predicted molar refractivity (Wildman–Crippen MR) is 64.9 cm³/mol. The molecule has 0 N–H and O–H groups in total. The molecule has 0 spiro atoms. The maximum absolute atomic E-state index is 2.31. The number of allylic oxidation sites excluding steroid dienone is 1. The summed E-state index contributed by atoms with van der Waals surface area (Å²) in [6, 6.07) is 0. The van der Waals surface area contributed by atoms with E-state index in [0.29, 0.717) is 5.92 Å². The van der Waals surface area contributed by atoms with Gasteiger partial charge in [0.25, 0.3) is 0 Å². The lowest BCUT2D eigenvalue weighted by molar-refractivity contribution is -0.453. The number of nitrogens with zero attached hydrogens (tertiary/aromatic N) is 1. The van der Waals surface area contributed by atoms with Gasteiger partial charge in [0.15, 0.2) is 6.20 Å². The highest BCUT2D eigenvalue weighted by atomic mass is 15.0. The van der Waals surface area contributed by atoms with Crippen molar-refractivity contribution < 1.29 is 4.58 Å². The molecule has 0 aliphatic heterocycles. The fraction of sp³-hybridized carbons (Fsp3) is 0.769. The van der Waals surface area contributed by atoms with E-state index < -0.39 is 0 Å². The third-order valence-electron chi connectivity index (χ3n) is 2.73. The van der Waals surface area contributed by atoms with Gasteiger partial charge in [-0.2, -0.15) is 0 Å². The quantitative estimate of drug-likeness (QED) is 0.450. The van der Waals surface area contributed by atoms with Gasteiger partial charge in [-0.3, -0.25) is 0 Å². The first-order chi connectivity index (χ1) is 6.61. The molecule has 1 heteroatoms. The van der Waals surface area contributed by atoms with Crippen molar-refractivity contribution in [2.75, 3.05) is 6.54 Å². The molecule has 0 aromatic rings. The smallest absolute Gasteiger partial charge is 0.164 e. The molecule has 0 fully saturated rings. The molecule has 0 aliphatic rings. The second-order valence-electron chi connectivity index (χ2n) is 4.29. The Kier molecular flexibility index (Phi) is 7.45. The number of rotatable bonds is 6. The molecular weight excluding hydrogens is 170 g/mol. The molecule has 1 unspecified atom stereocenters. The van der Waals surface area contributed by atoms with Crippen LogP contribution in [-0.4, -0.2) is 17.3 Å². The zero-order chi connectivity index (χ0) is 11.0. The third-order valence-corrected chi connectivity index (χ3v) is 2.73. The van der Waals surface area contributed by atoms with Crippen LogP contribution in [0.25, 0.3) is 0 Å². The van der Waals surface area contributed by atoms with Gasteiger partial charge in [0.05, 0.1) is 0 Å². The van der Waals surface area contributed by atoms with Crippen LogP contribution >= 0.6 is 0 Å². The van der Waals surface area contributed by atoms with Crippen LogP contribution in [-0.2, 0) is 0 Å². The summed E-state index contributed by atoms with van der Waals surface area (Å²) in [5, 5.41) is 0. The molecule has 82 valence electrons. The van der Waals surface area contributed by atoms with E-state index >= 15 is 0 Å². The summed E-state index contributed by atoms with van der Waals surface area (Å²) in [6.07, 6.45) is 9.21. The number of unbranched alkanes of at least 4 members (excludes halogenated alkanes) is 1. The summed E-state index contributed by atoms with van der Waals surface area (Å²) in [6.45, 7) is 12.3. The van der Waals surface area contributed by atoms with Crippen molar-refractivity contribution in [3.8, 4) is 0 Å². The zero-order valence-electron chi connectivity index (χ0n) is 10.5. The third kappa shape index (κ3) is 5.95. The molecule has 1 atom stereocenters. The molecule has 0 aromatic heterocycles. The predicted octanol–water partition coefficient (Wildman–Crippen LogP) is 3.70. The van der Waals surface area contributed by atoms with Gasteiger partial charge in [0.2, 0.25) is 0 Å². The minimum Gasteiger partial charge on any atom is -0.209 e. The second kappa shape index (κ2) is 7.78. The average molecular weight is 196 g/mol. The van der Waals surface area contributed by atoms with Gasteiger partial charge >= 0.3 is 0 Å². The molecule has 0 heterocycles. The van der Waals surface area contributed by atoms with Crippen LogP contribution in [0.15, 0.2) is 12.3 Å². The van der Waals surface area contributed by atoms with Gasteiger partial charge in [-0.15, -0.1) is 0 Å². The van der Waals surface area contributed by atoms with Crippen LogP contribution in [0.1, 0.15) is 47.5 Å². The van der Waals surface area contributed by atoms with Crippen molar-refractivity contribution in [3.05, 3.63) is 12.3 Å². The minimum absolute atomic E-state index is 0.666. The van der Waals surface area contributed by atoms with E-state index in [1.807, 2.05) is 0 Å². The van der Waals surface area contributed by atoms with Crippen LogP contribution < -0.4 is 0 Å². The molecule has 0 radical (unpaired) electrons. The maximum Gasteiger partial charge on any atom is 0.164 e. The summed E-state index contributed by atoms with van der Waals surface area (Å²) in [5.74, 6) is 1.40. The highest BCUT2D eigenvalue weighted by molar-refractivity contribution is 5.47. The average Bonchev–Trinajstić information content (AvgIpc) is 2.17. The largest absolute Gasteiger partial charge is 0.209 e. The van der Waals surface area contributed by atoms with Gasteiger partial charge in [-0.1, -0.05) is 34.1 Å². The van der Waals surface area contributed by atoms with Crippen molar-refractivity contribution in [2.45, 2.75) is 47.5 Å². The van der Waals surface area contributed by atoms with Crippen molar-refractivity contribution in [1.29, 1.82) is 0 Å². The van der Waals surface area contributed by atoms with E-state index in [0.717, 1.165) is 12.5 Å². The van der Waals surface area contributed by atoms with Gasteiger partial charge in [-0.05, 0) is 17.9 Å². The number of hydrogen-bond donors (Lipinski definition) is 0. The normalized spacial score (nSPS) is 15.4. The molecular formula is C13H26N+. The van der Waals surface area contributed by atoms with E-state index in [1.165, 1.54) is 12.8 Å².